The summed E-state index contributed by atoms with van der Waals surface area (Å²) in [7, 11) is 0. The van der Waals surface area contributed by atoms with Crippen LogP contribution in [0.1, 0.15) is 23.3 Å². The van der Waals surface area contributed by atoms with Gasteiger partial charge in [0.1, 0.15) is 5.69 Å². The highest BCUT2D eigenvalue weighted by Crippen LogP contribution is 2.21. The van der Waals surface area contributed by atoms with Crippen LogP contribution >= 0.6 is 11.8 Å². The Balaban J connectivity index is 1.48. The Labute approximate surface area is 133 Å². The van der Waals surface area contributed by atoms with Crippen LogP contribution < -0.4 is 5.32 Å². The van der Waals surface area contributed by atoms with Crippen molar-refractivity contribution in [3.63, 3.8) is 0 Å². The van der Waals surface area contributed by atoms with E-state index in [-0.39, 0.29) is 5.91 Å². The third-order valence-corrected chi connectivity index (χ3v) is 4.97. The molecule has 3 rings (SSSR count). The minimum absolute atomic E-state index is 0.161. The maximum atomic E-state index is 12.1. The highest BCUT2D eigenvalue weighted by Gasteiger charge is 2.14. The lowest BCUT2D eigenvalue weighted by molar-refractivity contribution is 0.0950. The lowest BCUT2D eigenvalue weighted by atomic mass is 10.2. The van der Waals surface area contributed by atoms with Crippen molar-refractivity contribution in [2.24, 2.45) is 0 Å². The molecule has 0 spiro atoms. The molecule has 0 atom stereocenters. The van der Waals surface area contributed by atoms with E-state index in [4.69, 9.17) is 4.74 Å². The fourth-order valence-corrected chi connectivity index (χ4v) is 3.47. The van der Waals surface area contributed by atoms with E-state index in [0.717, 1.165) is 42.8 Å². The number of fused-ring (bicyclic) bond motifs is 1. The molecule has 116 valence electrons. The Bertz CT molecular complexity index is 644. The van der Waals surface area contributed by atoms with Crippen LogP contribution in [0.4, 0.5) is 0 Å². The summed E-state index contributed by atoms with van der Waals surface area (Å²) in [5, 5.41) is 3.57. The van der Waals surface area contributed by atoms with E-state index in [9.17, 15) is 4.79 Å². The van der Waals surface area contributed by atoms with Crippen molar-refractivity contribution in [1.29, 1.82) is 0 Å². The van der Waals surface area contributed by atoms with Gasteiger partial charge in [0, 0.05) is 30.8 Å². The number of rotatable bonds is 5. The molecule has 1 aromatic heterocycles. The average molecular weight is 317 g/mol. The molecule has 5 nitrogen and oxygen atoms in total. The monoisotopic (exact) mass is 317 g/mol. The molecule has 0 unspecified atom stereocenters. The van der Waals surface area contributed by atoms with Crippen molar-refractivity contribution in [2.45, 2.75) is 18.1 Å². The van der Waals surface area contributed by atoms with Crippen LogP contribution in [0.2, 0.25) is 0 Å². The molecule has 1 saturated heterocycles. The lowest BCUT2D eigenvalue weighted by Gasteiger charge is -2.21. The van der Waals surface area contributed by atoms with Gasteiger partial charge in [0.25, 0.3) is 5.91 Å². The van der Waals surface area contributed by atoms with Gasteiger partial charge in [-0.15, -0.1) is 0 Å². The van der Waals surface area contributed by atoms with Gasteiger partial charge in [-0.2, -0.15) is 11.8 Å². The van der Waals surface area contributed by atoms with E-state index >= 15 is 0 Å². The molecule has 0 radical (unpaired) electrons. The van der Waals surface area contributed by atoms with E-state index in [0.29, 0.717) is 17.5 Å². The van der Waals surface area contributed by atoms with Crippen LogP contribution in [0.5, 0.6) is 0 Å². The molecule has 22 heavy (non-hydrogen) atoms. The van der Waals surface area contributed by atoms with Crippen LogP contribution in [0.25, 0.3) is 11.0 Å². The molecule has 1 amide bonds. The molecule has 2 aromatic rings. The fraction of sp³-hybridized carbons (Fsp3) is 0.438. The van der Waals surface area contributed by atoms with E-state index < -0.39 is 0 Å². The number of thioether (sulfide) groups is 1. The maximum absolute atomic E-state index is 12.1. The second-order valence-electron chi connectivity index (χ2n) is 5.18. The van der Waals surface area contributed by atoms with E-state index in [1.165, 1.54) is 6.20 Å². The van der Waals surface area contributed by atoms with Crippen molar-refractivity contribution in [1.82, 2.24) is 15.3 Å². The number of nitrogens with zero attached hydrogens (tertiary/aromatic N) is 2. The molecule has 1 N–H and O–H groups in total. The SMILES string of the molecule is O=C(NCCSC1CCOCC1)c1cnc2ccccc2n1. The average Bonchev–Trinajstić information content (AvgIpc) is 2.59. The summed E-state index contributed by atoms with van der Waals surface area (Å²) in [4.78, 5) is 20.7. The summed E-state index contributed by atoms with van der Waals surface area (Å²) < 4.78 is 5.34. The molecular formula is C16H19N3O2S. The molecule has 1 aliphatic rings. The van der Waals surface area contributed by atoms with Crippen molar-refractivity contribution in [3.05, 3.63) is 36.2 Å². The number of hydrogen-bond donors (Lipinski definition) is 1. The number of aromatic nitrogens is 2. The quantitative estimate of drug-likeness (QED) is 0.857. The largest absolute Gasteiger partial charge is 0.381 e. The Kier molecular flexibility index (Phi) is 5.24. The van der Waals surface area contributed by atoms with Crippen molar-refractivity contribution >= 4 is 28.7 Å². The molecule has 0 saturated carbocycles. The first kappa shape index (κ1) is 15.2. The van der Waals surface area contributed by atoms with Gasteiger partial charge in [-0.1, -0.05) is 12.1 Å². The highest BCUT2D eigenvalue weighted by molar-refractivity contribution is 7.99. The van der Waals surface area contributed by atoms with E-state index in [2.05, 4.69) is 15.3 Å². The number of para-hydroxylation sites is 2. The Morgan fingerprint density at radius 1 is 1.27 bits per heavy atom. The Morgan fingerprint density at radius 2 is 2.05 bits per heavy atom. The zero-order valence-corrected chi connectivity index (χ0v) is 13.1. The smallest absolute Gasteiger partial charge is 0.271 e. The van der Waals surface area contributed by atoms with Gasteiger partial charge in [-0.05, 0) is 25.0 Å². The minimum atomic E-state index is -0.161. The summed E-state index contributed by atoms with van der Waals surface area (Å²) in [6.45, 7) is 2.36. The van der Waals surface area contributed by atoms with Crippen molar-refractivity contribution in [2.75, 3.05) is 25.5 Å². The number of amides is 1. The third kappa shape index (κ3) is 3.96. The van der Waals surface area contributed by atoms with Gasteiger partial charge in [0.2, 0.25) is 0 Å². The van der Waals surface area contributed by atoms with Crippen LogP contribution in [0.15, 0.2) is 30.5 Å². The van der Waals surface area contributed by atoms with Gasteiger partial charge in [0.15, 0.2) is 0 Å². The summed E-state index contributed by atoms with van der Waals surface area (Å²) in [5.74, 6) is 0.753. The fourth-order valence-electron chi connectivity index (χ4n) is 2.39. The number of hydrogen-bond acceptors (Lipinski definition) is 5. The molecule has 1 aliphatic heterocycles. The first-order valence-electron chi connectivity index (χ1n) is 7.52. The first-order valence-corrected chi connectivity index (χ1v) is 8.57. The molecule has 6 heteroatoms. The molecule has 0 aliphatic carbocycles. The van der Waals surface area contributed by atoms with Crippen molar-refractivity contribution < 1.29 is 9.53 Å². The number of carbonyl (C=O) groups excluding carboxylic acids is 1. The third-order valence-electron chi connectivity index (χ3n) is 3.59. The van der Waals surface area contributed by atoms with Crippen LogP contribution in [-0.4, -0.2) is 46.6 Å². The minimum Gasteiger partial charge on any atom is -0.381 e. The van der Waals surface area contributed by atoms with E-state index in [1.54, 1.807) is 0 Å². The Morgan fingerprint density at radius 3 is 2.86 bits per heavy atom. The van der Waals surface area contributed by atoms with Gasteiger partial charge >= 0.3 is 0 Å². The molecule has 1 fully saturated rings. The molecule has 2 heterocycles. The van der Waals surface area contributed by atoms with Crippen LogP contribution in [-0.2, 0) is 4.74 Å². The number of benzene rings is 1. The predicted molar refractivity (Wildman–Crippen MR) is 88.2 cm³/mol. The number of ether oxygens (including phenoxy) is 1. The van der Waals surface area contributed by atoms with Crippen LogP contribution in [0, 0.1) is 0 Å². The summed E-state index contributed by atoms with van der Waals surface area (Å²) in [6.07, 6.45) is 3.74. The first-order chi connectivity index (χ1) is 10.8. The zero-order chi connectivity index (χ0) is 15.2. The maximum Gasteiger partial charge on any atom is 0.271 e. The van der Waals surface area contributed by atoms with Crippen molar-refractivity contribution in [3.8, 4) is 0 Å². The van der Waals surface area contributed by atoms with Gasteiger partial charge in [0.05, 0.1) is 17.2 Å². The summed E-state index contributed by atoms with van der Waals surface area (Å²) in [6, 6.07) is 7.54. The van der Waals surface area contributed by atoms with Gasteiger partial charge < -0.3 is 10.1 Å². The second-order valence-corrected chi connectivity index (χ2v) is 6.59. The molecular weight excluding hydrogens is 298 g/mol. The van der Waals surface area contributed by atoms with Gasteiger partial charge in [-0.3, -0.25) is 9.78 Å². The number of carbonyl (C=O) groups is 1. The topological polar surface area (TPSA) is 64.1 Å². The standard InChI is InChI=1S/C16H19N3O2S/c20-16(17-7-10-22-12-5-8-21-9-6-12)15-11-18-13-3-1-2-4-14(13)19-15/h1-4,11-12H,5-10H2,(H,17,20). The lowest BCUT2D eigenvalue weighted by Crippen LogP contribution is -2.28. The number of nitrogens with one attached hydrogen (secondary N) is 1. The zero-order valence-electron chi connectivity index (χ0n) is 12.3. The molecule has 1 aromatic carbocycles. The normalized spacial score (nSPS) is 15.8. The van der Waals surface area contributed by atoms with Gasteiger partial charge in [-0.25, -0.2) is 4.98 Å². The second kappa shape index (κ2) is 7.56. The summed E-state index contributed by atoms with van der Waals surface area (Å²) in [5.41, 5.74) is 1.91. The summed E-state index contributed by atoms with van der Waals surface area (Å²) >= 11 is 1.91. The molecule has 0 bridgehead atoms. The Hall–Kier alpha value is -1.66. The van der Waals surface area contributed by atoms with E-state index in [1.807, 2.05) is 36.0 Å². The predicted octanol–water partition coefficient (Wildman–Crippen LogP) is 2.27. The van der Waals surface area contributed by atoms with Crippen LogP contribution in [0.3, 0.4) is 0 Å². The highest BCUT2D eigenvalue weighted by atomic mass is 32.2.